The summed E-state index contributed by atoms with van der Waals surface area (Å²) >= 11 is 0. The maximum absolute atomic E-state index is 2.39. The normalized spacial score (nSPS) is 11.1. The molecule has 7 aromatic carbocycles. The maximum Gasteiger partial charge on any atom is 0.0546 e. The lowest BCUT2D eigenvalue weighted by atomic mass is 9.98. The first kappa shape index (κ1) is 23.0. The average molecular weight is 498 g/mol. The summed E-state index contributed by atoms with van der Waals surface area (Å²) in [5, 5.41) is 5.00. The number of rotatable bonds is 5. The molecule has 184 valence electrons. The first-order chi connectivity index (χ1) is 19.3. The summed E-state index contributed by atoms with van der Waals surface area (Å²) in [6.07, 6.45) is 0. The van der Waals surface area contributed by atoms with E-state index in [2.05, 4.69) is 169 Å². The van der Waals surface area contributed by atoms with Gasteiger partial charge in [-0.3, -0.25) is 0 Å². The second kappa shape index (κ2) is 9.96. The van der Waals surface area contributed by atoms with Crippen molar-refractivity contribution < 1.29 is 0 Å². The van der Waals surface area contributed by atoms with Gasteiger partial charge in [-0.15, -0.1) is 0 Å². The van der Waals surface area contributed by atoms with Crippen molar-refractivity contribution in [1.29, 1.82) is 0 Å². The molecule has 0 aliphatic rings. The molecule has 0 saturated carbocycles. The Morgan fingerprint density at radius 3 is 1.36 bits per heavy atom. The van der Waals surface area contributed by atoms with Crippen LogP contribution in [0, 0.1) is 0 Å². The Labute approximate surface area is 229 Å². The highest BCUT2D eigenvalue weighted by atomic mass is 15.1. The van der Waals surface area contributed by atoms with E-state index in [-0.39, 0.29) is 0 Å². The number of fused-ring (bicyclic) bond motifs is 3. The fraction of sp³-hybridized carbons (Fsp3) is 0. The zero-order valence-corrected chi connectivity index (χ0v) is 21.5. The molecule has 0 unspecified atom stereocenters. The predicted octanol–water partition coefficient (Wildman–Crippen LogP) is 10.8. The summed E-state index contributed by atoms with van der Waals surface area (Å²) in [7, 11) is 0. The van der Waals surface area contributed by atoms with Crippen LogP contribution in [0.2, 0.25) is 0 Å². The number of hydrogen-bond donors (Lipinski definition) is 0. The Bertz CT molecular complexity index is 1790. The zero-order valence-electron chi connectivity index (χ0n) is 21.5. The van der Waals surface area contributed by atoms with Crippen LogP contribution in [0.1, 0.15) is 0 Å². The van der Waals surface area contributed by atoms with E-state index in [1.165, 1.54) is 49.5 Å². The van der Waals surface area contributed by atoms with Crippen molar-refractivity contribution in [3.05, 3.63) is 164 Å². The molecule has 0 amide bonds. The monoisotopic (exact) mass is 497 g/mol. The fourth-order valence-corrected chi connectivity index (χ4v) is 5.52. The lowest BCUT2D eigenvalue weighted by Gasteiger charge is -2.28. The quantitative estimate of drug-likeness (QED) is 0.214. The third-order valence-electron chi connectivity index (χ3n) is 7.45. The lowest BCUT2D eigenvalue weighted by molar-refractivity contribution is 1.30. The smallest absolute Gasteiger partial charge is 0.0546 e. The van der Waals surface area contributed by atoms with Gasteiger partial charge in [0.2, 0.25) is 0 Å². The molecule has 0 spiro atoms. The minimum absolute atomic E-state index is 1.13. The molecule has 0 atom stereocenters. The van der Waals surface area contributed by atoms with Gasteiger partial charge in [-0.2, -0.15) is 0 Å². The fourth-order valence-electron chi connectivity index (χ4n) is 5.52. The van der Waals surface area contributed by atoms with Crippen LogP contribution in [0.25, 0.3) is 43.8 Å². The van der Waals surface area contributed by atoms with Crippen LogP contribution in [0.15, 0.2) is 164 Å². The first-order valence-corrected chi connectivity index (χ1v) is 13.4. The largest absolute Gasteiger partial charge is 0.310 e. The van der Waals surface area contributed by atoms with Crippen LogP contribution in [-0.4, -0.2) is 0 Å². The molecule has 1 nitrogen and oxygen atoms in total. The molecule has 0 N–H and O–H groups in total. The summed E-state index contributed by atoms with van der Waals surface area (Å²) in [5.41, 5.74) is 8.29. The van der Waals surface area contributed by atoms with Gasteiger partial charge >= 0.3 is 0 Å². The molecular formula is C38H27N. The molecule has 0 aliphatic heterocycles. The Kier molecular flexibility index (Phi) is 5.88. The second-order valence-electron chi connectivity index (χ2n) is 9.82. The number of hydrogen-bond acceptors (Lipinski definition) is 1. The third kappa shape index (κ3) is 4.35. The molecule has 0 aromatic heterocycles. The predicted molar refractivity (Wildman–Crippen MR) is 167 cm³/mol. The Balaban J connectivity index is 1.42. The molecule has 0 aliphatic carbocycles. The van der Waals surface area contributed by atoms with E-state index in [9.17, 15) is 0 Å². The highest BCUT2D eigenvalue weighted by Gasteiger charge is 2.17. The van der Waals surface area contributed by atoms with Gasteiger partial charge in [-0.1, -0.05) is 133 Å². The topological polar surface area (TPSA) is 3.24 Å². The Morgan fingerprint density at radius 1 is 0.308 bits per heavy atom. The van der Waals surface area contributed by atoms with Gasteiger partial charge in [-0.05, 0) is 68.7 Å². The van der Waals surface area contributed by atoms with Crippen LogP contribution in [0.5, 0.6) is 0 Å². The molecular weight excluding hydrogens is 470 g/mol. The number of anilines is 3. The maximum atomic E-state index is 2.39. The standard InChI is InChI=1S/C38H27N/c1-3-10-28(11-4-1)30-20-24-34(25-21-30)39(35-26-22-31(23-27-35)29-12-5-2-6-13-29)37-17-9-15-33-19-18-32-14-7-8-16-36(32)38(33)37/h1-27H. The van der Waals surface area contributed by atoms with Crippen LogP contribution in [0.3, 0.4) is 0 Å². The average Bonchev–Trinajstić information content (AvgIpc) is 3.03. The van der Waals surface area contributed by atoms with Crippen molar-refractivity contribution >= 4 is 38.6 Å². The van der Waals surface area contributed by atoms with E-state index in [0.29, 0.717) is 0 Å². The van der Waals surface area contributed by atoms with Gasteiger partial charge in [0, 0.05) is 16.8 Å². The van der Waals surface area contributed by atoms with E-state index in [1.54, 1.807) is 0 Å². The summed E-state index contributed by atoms with van der Waals surface area (Å²) in [4.78, 5) is 2.39. The summed E-state index contributed by atoms with van der Waals surface area (Å²) in [6.45, 7) is 0. The molecule has 0 fully saturated rings. The number of nitrogens with zero attached hydrogens (tertiary/aromatic N) is 1. The van der Waals surface area contributed by atoms with Gasteiger partial charge in [0.05, 0.1) is 5.69 Å². The number of benzene rings is 7. The Hall–Kier alpha value is -5.14. The summed E-state index contributed by atoms with van der Waals surface area (Å²) < 4.78 is 0. The van der Waals surface area contributed by atoms with E-state index in [1.807, 2.05) is 0 Å². The van der Waals surface area contributed by atoms with Crippen molar-refractivity contribution in [2.24, 2.45) is 0 Å². The van der Waals surface area contributed by atoms with E-state index < -0.39 is 0 Å². The van der Waals surface area contributed by atoms with Crippen LogP contribution in [0.4, 0.5) is 17.1 Å². The highest BCUT2D eigenvalue weighted by Crippen LogP contribution is 2.42. The van der Waals surface area contributed by atoms with Crippen molar-refractivity contribution in [3.63, 3.8) is 0 Å². The first-order valence-electron chi connectivity index (χ1n) is 13.4. The third-order valence-corrected chi connectivity index (χ3v) is 7.45. The Morgan fingerprint density at radius 2 is 0.769 bits per heavy atom. The molecule has 7 rings (SSSR count). The van der Waals surface area contributed by atoms with Crippen LogP contribution >= 0.6 is 0 Å². The summed E-state index contributed by atoms with van der Waals surface area (Å²) in [6, 6.07) is 58.7. The minimum atomic E-state index is 1.13. The van der Waals surface area contributed by atoms with Crippen molar-refractivity contribution in [2.45, 2.75) is 0 Å². The molecule has 0 bridgehead atoms. The van der Waals surface area contributed by atoms with Crippen LogP contribution in [-0.2, 0) is 0 Å². The molecule has 1 heteroatoms. The van der Waals surface area contributed by atoms with Crippen LogP contribution < -0.4 is 4.90 Å². The SMILES string of the molecule is c1ccc(-c2ccc(N(c3ccc(-c4ccccc4)cc3)c3cccc4ccc5ccccc5c34)cc2)cc1. The summed E-state index contributed by atoms with van der Waals surface area (Å²) in [5.74, 6) is 0. The second-order valence-corrected chi connectivity index (χ2v) is 9.82. The lowest BCUT2D eigenvalue weighted by Crippen LogP contribution is -2.10. The van der Waals surface area contributed by atoms with Crippen molar-refractivity contribution in [2.75, 3.05) is 4.90 Å². The van der Waals surface area contributed by atoms with Crippen molar-refractivity contribution in [1.82, 2.24) is 0 Å². The molecule has 0 saturated heterocycles. The van der Waals surface area contributed by atoms with Gasteiger partial charge in [0.15, 0.2) is 0 Å². The van der Waals surface area contributed by atoms with Crippen molar-refractivity contribution in [3.8, 4) is 22.3 Å². The molecule has 0 radical (unpaired) electrons. The highest BCUT2D eigenvalue weighted by molar-refractivity contribution is 6.15. The van der Waals surface area contributed by atoms with E-state index in [4.69, 9.17) is 0 Å². The molecule has 39 heavy (non-hydrogen) atoms. The molecule has 0 heterocycles. The molecule has 7 aromatic rings. The van der Waals surface area contributed by atoms with Gasteiger partial charge in [-0.25, -0.2) is 0 Å². The van der Waals surface area contributed by atoms with Gasteiger partial charge in [0.1, 0.15) is 0 Å². The van der Waals surface area contributed by atoms with E-state index in [0.717, 1.165) is 11.4 Å². The zero-order chi connectivity index (χ0) is 26.0. The minimum Gasteiger partial charge on any atom is -0.310 e. The van der Waals surface area contributed by atoms with E-state index >= 15 is 0 Å². The van der Waals surface area contributed by atoms with Gasteiger partial charge in [0.25, 0.3) is 0 Å². The van der Waals surface area contributed by atoms with Gasteiger partial charge < -0.3 is 4.90 Å².